The molecule has 0 bridgehead atoms. The van der Waals surface area contributed by atoms with E-state index in [1.165, 1.54) is 50.7 Å². The van der Waals surface area contributed by atoms with Gasteiger partial charge in [0.2, 0.25) is 0 Å². The van der Waals surface area contributed by atoms with Crippen molar-refractivity contribution in [3.05, 3.63) is 77.1 Å². The lowest BCUT2D eigenvalue weighted by atomic mass is 10.2. The van der Waals surface area contributed by atoms with Gasteiger partial charge in [-0.25, -0.2) is 18.2 Å². The van der Waals surface area contributed by atoms with Crippen LogP contribution in [0, 0.1) is 0 Å². The van der Waals surface area contributed by atoms with Crippen molar-refractivity contribution in [2.24, 2.45) is 0 Å². The van der Waals surface area contributed by atoms with Gasteiger partial charge in [-0.05, 0) is 30.3 Å². The molecule has 1 aromatic heterocycles. The maximum atomic E-state index is 12.9. The quantitative estimate of drug-likeness (QED) is 0.399. The summed E-state index contributed by atoms with van der Waals surface area (Å²) in [6.45, 7) is -0.0419. The van der Waals surface area contributed by atoms with Gasteiger partial charge in [-0.15, -0.1) is 0 Å². The van der Waals surface area contributed by atoms with Crippen LogP contribution in [0.1, 0.15) is 15.9 Å². The van der Waals surface area contributed by atoms with Crippen LogP contribution in [0.25, 0.3) is 0 Å². The van der Waals surface area contributed by atoms with Crippen LogP contribution in [-0.4, -0.2) is 33.6 Å². The molecule has 0 aliphatic heterocycles. The molecular formula is C21H19ClN2O6S. The monoisotopic (exact) mass is 462 g/mol. The number of para-hydroxylation sites is 1. The van der Waals surface area contributed by atoms with Crippen molar-refractivity contribution in [1.29, 1.82) is 0 Å². The Morgan fingerprint density at radius 1 is 1.03 bits per heavy atom. The number of nitrogens with zero attached hydrogens (tertiary/aromatic N) is 1. The van der Waals surface area contributed by atoms with E-state index in [2.05, 4.69) is 9.71 Å². The van der Waals surface area contributed by atoms with E-state index in [9.17, 15) is 13.2 Å². The number of anilines is 1. The molecule has 2 aromatic carbocycles. The second kappa shape index (κ2) is 9.67. The smallest absolute Gasteiger partial charge is 0.340 e. The second-order valence-electron chi connectivity index (χ2n) is 6.23. The Morgan fingerprint density at radius 3 is 2.45 bits per heavy atom. The highest BCUT2D eigenvalue weighted by Gasteiger charge is 2.21. The van der Waals surface area contributed by atoms with Crippen LogP contribution >= 0.6 is 11.6 Å². The highest BCUT2D eigenvalue weighted by atomic mass is 35.5. The minimum Gasteiger partial charge on any atom is -0.493 e. The largest absolute Gasteiger partial charge is 0.493 e. The molecule has 0 aliphatic carbocycles. The molecule has 0 radical (unpaired) electrons. The van der Waals surface area contributed by atoms with E-state index in [1.54, 1.807) is 24.3 Å². The predicted octanol–water partition coefficient (Wildman–Crippen LogP) is 3.91. The fourth-order valence-corrected chi connectivity index (χ4v) is 3.86. The molecule has 0 saturated heterocycles. The molecule has 1 N–H and O–H groups in total. The number of pyridine rings is 1. The molecular weight excluding hydrogens is 444 g/mol. The first-order chi connectivity index (χ1) is 14.8. The molecule has 3 aromatic rings. The van der Waals surface area contributed by atoms with E-state index in [-0.39, 0.29) is 28.5 Å². The lowest BCUT2D eigenvalue weighted by Gasteiger charge is -2.14. The number of sulfonamides is 1. The average Bonchev–Trinajstić information content (AvgIpc) is 2.78. The van der Waals surface area contributed by atoms with E-state index >= 15 is 0 Å². The van der Waals surface area contributed by atoms with Gasteiger partial charge in [0.15, 0.2) is 11.5 Å². The number of carbonyl (C=O) groups excluding carboxylic acids is 1. The first kappa shape index (κ1) is 22.4. The highest BCUT2D eigenvalue weighted by Crippen LogP contribution is 2.30. The van der Waals surface area contributed by atoms with Crippen molar-refractivity contribution in [3.63, 3.8) is 0 Å². The van der Waals surface area contributed by atoms with Crippen molar-refractivity contribution in [2.45, 2.75) is 11.5 Å². The molecule has 1 heterocycles. The molecule has 10 heteroatoms. The van der Waals surface area contributed by atoms with Crippen molar-refractivity contribution in [1.82, 2.24) is 4.98 Å². The molecule has 0 saturated carbocycles. The Bertz CT molecular complexity index is 1180. The normalized spacial score (nSPS) is 10.9. The van der Waals surface area contributed by atoms with Gasteiger partial charge >= 0.3 is 5.97 Å². The third-order valence-electron chi connectivity index (χ3n) is 4.22. The predicted molar refractivity (Wildman–Crippen MR) is 115 cm³/mol. The number of carbonyl (C=O) groups is 1. The number of halogens is 1. The van der Waals surface area contributed by atoms with Crippen LogP contribution in [0.5, 0.6) is 11.5 Å². The number of methoxy groups -OCH3 is 2. The molecule has 162 valence electrons. The lowest BCUT2D eigenvalue weighted by molar-refractivity contribution is 0.0473. The maximum Gasteiger partial charge on any atom is 0.340 e. The third kappa shape index (κ3) is 5.44. The zero-order chi connectivity index (χ0) is 22.4. The van der Waals surface area contributed by atoms with E-state index in [1.807, 2.05) is 0 Å². The Balaban J connectivity index is 1.81. The Morgan fingerprint density at radius 2 is 1.77 bits per heavy atom. The third-order valence-corrected chi connectivity index (χ3v) is 5.80. The summed E-state index contributed by atoms with van der Waals surface area (Å²) in [6, 6.07) is 13.6. The molecule has 8 nitrogen and oxygen atoms in total. The van der Waals surface area contributed by atoms with Gasteiger partial charge in [-0.2, -0.15) is 0 Å². The van der Waals surface area contributed by atoms with E-state index in [4.69, 9.17) is 25.8 Å². The van der Waals surface area contributed by atoms with Gasteiger partial charge in [0, 0.05) is 17.8 Å². The lowest BCUT2D eigenvalue weighted by Crippen LogP contribution is -2.16. The van der Waals surface area contributed by atoms with E-state index in [0.29, 0.717) is 16.5 Å². The molecule has 0 fully saturated rings. The van der Waals surface area contributed by atoms with Crippen LogP contribution in [0.2, 0.25) is 5.15 Å². The van der Waals surface area contributed by atoms with Gasteiger partial charge < -0.3 is 14.2 Å². The summed E-state index contributed by atoms with van der Waals surface area (Å²) >= 11 is 5.74. The first-order valence-corrected chi connectivity index (χ1v) is 10.8. The number of nitrogens with one attached hydrogen (secondary N) is 1. The van der Waals surface area contributed by atoms with Crippen LogP contribution < -0.4 is 14.2 Å². The second-order valence-corrected chi connectivity index (χ2v) is 8.30. The van der Waals surface area contributed by atoms with Crippen molar-refractivity contribution in [2.75, 3.05) is 18.9 Å². The van der Waals surface area contributed by atoms with E-state index in [0.717, 1.165) is 0 Å². The Labute approximate surface area is 184 Å². The first-order valence-electron chi connectivity index (χ1n) is 8.95. The SMILES string of the molecule is COc1ccc(S(=O)(=O)Nc2ccccc2C(=O)OCc2ccc(Cl)nc2)cc1OC. The number of rotatable bonds is 8. The number of benzene rings is 2. The Kier molecular flexibility index (Phi) is 6.98. The summed E-state index contributed by atoms with van der Waals surface area (Å²) in [6.07, 6.45) is 1.49. The zero-order valence-corrected chi connectivity index (χ0v) is 18.2. The summed E-state index contributed by atoms with van der Waals surface area (Å²) in [5, 5.41) is 0.324. The van der Waals surface area contributed by atoms with Crippen molar-refractivity contribution in [3.8, 4) is 11.5 Å². The standard InChI is InChI=1S/C21H19ClN2O6S/c1-28-18-9-8-15(11-19(18)29-2)31(26,27)24-17-6-4-3-5-16(17)21(25)30-13-14-7-10-20(22)23-12-14/h3-12,24H,13H2,1-2H3. The van der Waals surface area contributed by atoms with E-state index < -0.39 is 16.0 Å². The van der Waals surface area contributed by atoms with Gasteiger partial charge in [-0.3, -0.25) is 4.72 Å². The van der Waals surface area contributed by atoms with Crippen molar-refractivity contribution < 1.29 is 27.4 Å². The van der Waals surface area contributed by atoms with Gasteiger partial charge in [0.25, 0.3) is 10.0 Å². The molecule has 31 heavy (non-hydrogen) atoms. The van der Waals surface area contributed by atoms with Crippen LogP contribution in [0.15, 0.2) is 65.7 Å². The number of aromatic nitrogens is 1. The fourth-order valence-electron chi connectivity index (χ4n) is 2.66. The summed E-state index contributed by atoms with van der Waals surface area (Å²) in [5.74, 6) is -0.0441. The average molecular weight is 463 g/mol. The summed E-state index contributed by atoms with van der Waals surface area (Å²) in [5.41, 5.74) is 0.783. The molecule has 0 spiro atoms. The topological polar surface area (TPSA) is 104 Å². The number of hydrogen-bond donors (Lipinski definition) is 1. The summed E-state index contributed by atoms with van der Waals surface area (Å²) in [7, 11) is -1.16. The van der Waals surface area contributed by atoms with Crippen LogP contribution in [-0.2, 0) is 21.4 Å². The minimum absolute atomic E-state index is 0.0419. The zero-order valence-electron chi connectivity index (χ0n) is 16.7. The molecule has 3 rings (SSSR count). The van der Waals surface area contributed by atoms with Crippen molar-refractivity contribution >= 4 is 33.3 Å². The van der Waals surface area contributed by atoms with Gasteiger partial charge in [0.1, 0.15) is 11.8 Å². The summed E-state index contributed by atoms with van der Waals surface area (Å²) in [4.78, 5) is 16.4. The molecule has 0 atom stereocenters. The maximum absolute atomic E-state index is 12.9. The van der Waals surface area contributed by atoms with Crippen LogP contribution in [0.4, 0.5) is 5.69 Å². The minimum atomic E-state index is -4.02. The number of hydrogen-bond acceptors (Lipinski definition) is 7. The number of ether oxygens (including phenoxy) is 3. The Hall–Kier alpha value is -3.30. The van der Waals surface area contributed by atoms with Crippen LogP contribution in [0.3, 0.4) is 0 Å². The van der Waals surface area contributed by atoms with Gasteiger partial charge in [0.05, 0.1) is 30.4 Å². The summed E-state index contributed by atoms with van der Waals surface area (Å²) < 4.78 is 43.8. The number of esters is 1. The molecule has 0 amide bonds. The molecule has 0 unspecified atom stereocenters. The van der Waals surface area contributed by atoms with Gasteiger partial charge in [-0.1, -0.05) is 29.8 Å². The highest BCUT2D eigenvalue weighted by molar-refractivity contribution is 7.92. The molecule has 0 aliphatic rings. The fraction of sp³-hybridized carbons (Fsp3) is 0.143.